The summed E-state index contributed by atoms with van der Waals surface area (Å²) in [6.07, 6.45) is 44.3. The van der Waals surface area contributed by atoms with Crippen LogP contribution in [0.15, 0.2) is 36.7 Å². The minimum absolute atomic E-state index is 0.683. The summed E-state index contributed by atoms with van der Waals surface area (Å²) in [5.74, 6) is 3.26. The van der Waals surface area contributed by atoms with Gasteiger partial charge in [0.2, 0.25) is 0 Å². The van der Waals surface area contributed by atoms with Crippen LogP contribution in [0.4, 0.5) is 0 Å². The molecule has 0 aliphatic carbocycles. The van der Waals surface area contributed by atoms with Gasteiger partial charge in [-0.25, -0.2) is 0 Å². The Morgan fingerprint density at radius 2 is 0.484 bits per heavy atom. The number of hydrogen-bond acceptors (Lipinski definition) is 6. The fourth-order valence-electron chi connectivity index (χ4n) is 8.81. The second kappa shape index (κ2) is 33.3. The van der Waals surface area contributed by atoms with Gasteiger partial charge in [0.05, 0.1) is 37.5 Å². The van der Waals surface area contributed by atoms with Gasteiger partial charge >= 0.3 is 0 Å². The molecule has 0 aliphatic rings. The molecule has 1 aromatic heterocycles. The summed E-state index contributed by atoms with van der Waals surface area (Å²) in [4.78, 5) is 9.90. The van der Waals surface area contributed by atoms with Gasteiger partial charge in [0, 0.05) is 23.2 Å². The van der Waals surface area contributed by atoms with Crippen LogP contribution in [0.5, 0.6) is 23.0 Å². The van der Waals surface area contributed by atoms with E-state index < -0.39 is 0 Å². The van der Waals surface area contributed by atoms with E-state index in [0.29, 0.717) is 26.4 Å². The van der Waals surface area contributed by atoms with Crippen molar-refractivity contribution in [3.63, 3.8) is 0 Å². The van der Waals surface area contributed by atoms with Gasteiger partial charge in [0.1, 0.15) is 0 Å². The van der Waals surface area contributed by atoms with Crippen molar-refractivity contribution in [2.75, 3.05) is 26.4 Å². The van der Waals surface area contributed by atoms with E-state index >= 15 is 0 Å². The fourth-order valence-corrected chi connectivity index (χ4v) is 8.81. The number of unbranched alkanes of at least 4 members (excludes halogenated alkanes) is 28. The summed E-state index contributed by atoms with van der Waals surface area (Å²) in [5, 5.41) is 4.25. The number of rotatable bonds is 40. The summed E-state index contributed by atoms with van der Waals surface area (Å²) in [5.41, 5.74) is 1.76. The summed E-state index contributed by atoms with van der Waals surface area (Å²) in [6.45, 7) is 11.9. The van der Waals surface area contributed by atoms with E-state index in [9.17, 15) is 0 Å². The summed E-state index contributed by atoms with van der Waals surface area (Å²) in [7, 11) is 0. The van der Waals surface area contributed by atoms with Crippen molar-refractivity contribution in [1.29, 1.82) is 0 Å². The van der Waals surface area contributed by atoms with Crippen LogP contribution in [0.3, 0.4) is 0 Å². The SMILES string of the molecule is CCCCCCCCCCOc1cc2c3cc(OCCCCCCCCCC)c(OCCCCCCCCCC)cc3c3nccnc3c2cc1OCCCCCCCCCC. The fraction of sp³-hybridized carbons (Fsp3) is 0.714. The predicted molar refractivity (Wildman–Crippen MR) is 267 cm³/mol. The predicted octanol–water partition coefficient (Wildman–Crippen LogP) is 18.0. The molecule has 0 N–H and O–H groups in total. The average Bonchev–Trinajstić information content (AvgIpc) is 3.29. The first-order chi connectivity index (χ1) is 30.7. The first kappa shape index (κ1) is 51.4. The highest BCUT2D eigenvalue weighted by Crippen LogP contribution is 2.44. The second-order valence-corrected chi connectivity index (χ2v) is 18.2. The zero-order chi connectivity index (χ0) is 43.7. The maximum absolute atomic E-state index is 6.67. The van der Waals surface area contributed by atoms with Crippen LogP contribution in [0.25, 0.3) is 32.6 Å². The smallest absolute Gasteiger partial charge is 0.161 e. The topological polar surface area (TPSA) is 62.7 Å². The Kier molecular flexibility index (Phi) is 27.5. The third-order valence-corrected chi connectivity index (χ3v) is 12.7. The first-order valence-electron chi connectivity index (χ1n) is 26.4. The lowest BCUT2D eigenvalue weighted by Gasteiger charge is -2.18. The van der Waals surface area contributed by atoms with Gasteiger partial charge < -0.3 is 18.9 Å². The highest BCUT2D eigenvalue weighted by atomic mass is 16.5. The molecule has 62 heavy (non-hydrogen) atoms. The molecule has 0 saturated heterocycles. The quantitative estimate of drug-likeness (QED) is 0.0328. The van der Waals surface area contributed by atoms with E-state index in [0.717, 1.165) is 81.3 Å². The zero-order valence-corrected chi connectivity index (χ0v) is 40.4. The Morgan fingerprint density at radius 1 is 0.274 bits per heavy atom. The molecular weight excluding hydrogens is 765 g/mol. The molecule has 0 atom stereocenters. The molecule has 4 aromatic rings. The lowest BCUT2D eigenvalue weighted by atomic mass is 9.98. The minimum atomic E-state index is 0.683. The third kappa shape index (κ3) is 19.2. The first-order valence-corrected chi connectivity index (χ1v) is 26.4. The molecule has 0 unspecified atom stereocenters. The molecule has 6 nitrogen and oxygen atoms in total. The molecule has 0 radical (unpaired) electrons. The van der Waals surface area contributed by atoms with Gasteiger partial charge in [0.25, 0.3) is 0 Å². The van der Waals surface area contributed by atoms with Crippen LogP contribution in [0.1, 0.15) is 233 Å². The van der Waals surface area contributed by atoms with Gasteiger partial charge in [-0.05, 0) is 60.7 Å². The number of nitrogens with zero attached hydrogens (tertiary/aromatic N) is 2. The Hall–Kier alpha value is -3.28. The van der Waals surface area contributed by atoms with Gasteiger partial charge in [-0.2, -0.15) is 0 Å². The van der Waals surface area contributed by atoms with E-state index in [-0.39, 0.29) is 0 Å². The summed E-state index contributed by atoms with van der Waals surface area (Å²) >= 11 is 0. The number of benzene rings is 3. The molecule has 1 heterocycles. The lowest BCUT2D eigenvalue weighted by Crippen LogP contribution is -2.04. The minimum Gasteiger partial charge on any atom is -0.490 e. The molecule has 6 heteroatoms. The molecule has 0 fully saturated rings. The highest BCUT2D eigenvalue weighted by Gasteiger charge is 2.19. The maximum Gasteiger partial charge on any atom is 0.161 e. The average molecular weight is 855 g/mol. The van der Waals surface area contributed by atoms with Crippen molar-refractivity contribution in [2.24, 2.45) is 0 Å². The highest BCUT2D eigenvalue weighted by molar-refractivity contribution is 6.24. The maximum atomic E-state index is 6.67. The molecule has 4 rings (SSSR count). The molecule has 0 aliphatic heterocycles. The standard InChI is InChI=1S/C56H90N2O4/c1-5-9-13-17-21-25-29-33-39-59-51-43-47-48-44-52(60-40-34-30-26-22-18-14-10-6-2)54(62-42-36-32-28-24-20-16-12-8-4)46-50(48)56-55(57-37-38-58-56)49(47)45-53(51)61-41-35-31-27-23-19-15-11-7-3/h37-38,43-46H,5-36,39-42H2,1-4H3. The van der Waals surface area contributed by atoms with E-state index in [1.165, 1.54) is 180 Å². The van der Waals surface area contributed by atoms with Crippen molar-refractivity contribution in [3.8, 4) is 23.0 Å². The Labute approximate surface area is 379 Å². The van der Waals surface area contributed by atoms with Gasteiger partial charge in [-0.1, -0.05) is 207 Å². The molecule has 348 valence electrons. The van der Waals surface area contributed by atoms with Crippen molar-refractivity contribution >= 4 is 32.6 Å². The molecule has 0 saturated carbocycles. The number of fused-ring (bicyclic) bond motifs is 6. The second-order valence-electron chi connectivity index (χ2n) is 18.2. The monoisotopic (exact) mass is 855 g/mol. The van der Waals surface area contributed by atoms with Gasteiger partial charge in [-0.3, -0.25) is 9.97 Å². The third-order valence-electron chi connectivity index (χ3n) is 12.7. The van der Waals surface area contributed by atoms with Crippen molar-refractivity contribution in [3.05, 3.63) is 36.7 Å². The van der Waals surface area contributed by atoms with E-state index in [1.54, 1.807) is 0 Å². The van der Waals surface area contributed by atoms with Crippen LogP contribution < -0.4 is 18.9 Å². The molecule has 0 amide bonds. The van der Waals surface area contributed by atoms with Gasteiger partial charge in [0.15, 0.2) is 23.0 Å². The summed E-state index contributed by atoms with van der Waals surface area (Å²) in [6, 6.07) is 8.77. The van der Waals surface area contributed by atoms with E-state index in [2.05, 4.69) is 52.0 Å². The van der Waals surface area contributed by atoms with Crippen molar-refractivity contribution in [1.82, 2.24) is 9.97 Å². The summed E-state index contributed by atoms with van der Waals surface area (Å²) < 4.78 is 26.6. The number of ether oxygens (including phenoxy) is 4. The number of aromatic nitrogens is 2. The normalized spacial score (nSPS) is 11.6. The van der Waals surface area contributed by atoms with Crippen LogP contribution in [0.2, 0.25) is 0 Å². The zero-order valence-electron chi connectivity index (χ0n) is 40.4. The Bertz CT molecular complexity index is 1610. The number of hydrogen-bond donors (Lipinski definition) is 0. The van der Waals surface area contributed by atoms with Gasteiger partial charge in [-0.15, -0.1) is 0 Å². The molecule has 0 bridgehead atoms. The Balaban J connectivity index is 1.59. The van der Waals surface area contributed by atoms with Crippen LogP contribution in [-0.4, -0.2) is 36.4 Å². The van der Waals surface area contributed by atoms with Crippen molar-refractivity contribution < 1.29 is 18.9 Å². The molecular formula is C56H90N2O4. The lowest BCUT2D eigenvalue weighted by molar-refractivity contribution is 0.258. The molecule has 0 spiro atoms. The molecule has 3 aromatic carbocycles. The van der Waals surface area contributed by atoms with E-state index in [4.69, 9.17) is 28.9 Å². The largest absolute Gasteiger partial charge is 0.490 e. The van der Waals surface area contributed by atoms with E-state index in [1.807, 2.05) is 12.4 Å². The van der Waals surface area contributed by atoms with Crippen LogP contribution in [-0.2, 0) is 0 Å². The van der Waals surface area contributed by atoms with Crippen molar-refractivity contribution in [2.45, 2.75) is 233 Å². The Morgan fingerprint density at radius 3 is 0.726 bits per heavy atom. The van der Waals surface area contributed by atoms with Crippen LogP contribution in [0, 0.1) is 0 Å². The van der Waals surface area contributed by atoms with Crippen LogP contribution >= 0.6 is 0 Å².